The predicted molar refractivity (Wildman–Crippen MR) is 116 cm³/mol. The van der Waals surface area contributed by atoms with E-state index < -0.39 is 0 Å². The first-order valence-electron chi connectivity index (χ1n) is 9.63. The maximum atomic E-state index is 2.41. The molecule has 0 heterocycles. The van der Waals surface area contributed by atoms with Crippen LogP contribution < -0.4 is 0 Å². The zero-order chi connectivity index (χ0) is 18.2. The Kier molecular flexibility index (Phi) is 3.90. The number of fused-ring (bicyclic) bond motifs is 2. The van der Waals surface area contributed by atoms with Crippen molar-refractivity contribution in [3.63, 3.8) is 0 Å². The fraction of sp³-hybridized carbons (Fsp3) is 0.111. The van der Waals surface area contributed by atoms with Gasteiger partial charge in [0.15, 0.2) is 0 Å². The van der Waals surface area contributed by atoms with Gasteiger partial charge in [-0.3, -0.25) is 0 Å². The minimum absolute atomic E-state index is 0.977. The molecule has 0 aliphatic heterocycles. The minimum Gasteiger partial charge on any atom is -0.0683 e. The number of hydrogen-bond donors (Lipinski definition) is 0. The normalized spacial score (nSPS) is 12.9. The summed E-state index contributed by atoms with van der Waals surface area (Å²) in [6.45, 7) is 2.24. The van der Waals surface area contributed by atoms with Crippen LogP contribution in [-0.4, -0.2) is 0 Å². The molecule has 0 amide bonds. The lowest BCUT2D eigenvalue weighted by atomic mass is 9.90. The van der Waals surface area contributed by atoms with Crippen LogP contribution in [0.25, 0.3) is 28.0 Å². The van der Waals surface area contributed by atoms with E-state index in [0.29, 0.717) is 0 Å². The average Bonchev–Trinajstić information content (AvgIpc) is 3.08. The standard InChI is InChI=1S/C27H22/c1-19-14-23-17-21(16-20-8-3-2-4-9-20)18-27(26(23)15-19)25-13-7-11-22-10-5-6-12-24(22)25/h2-13,15,17-18H,14,16H2,1H3. The summed E-state index contributed by atoms with van der Waals surface area (Å²) >= 11 is 0. The van der Waals surface area contributed by atoms with Crippen LogP contribution >= 0.6 is 0 Å². The summed E-state index contributed by atoms with van der Waals surface area (Å²) in [5.74, 6) is 0. The summed E-state index contributed by atoms with van der Waals surface area (Å²) in [6.07, 6.45) is 4.42. The van der Waals surface area contributed by atoms with Gasteiger partial charge >= 0.3 is 0 Å². The van der Waals surface area contributed by atoms with Crippen molar-refractivity contribution in [2.45, 2.75) is 19.8 Å². The maximum absolute atomic E-state index is 2.41. The molecule has 4 aromatic rings. The van der Waals surface area contributed by atoms with Gasteiger partial charge in [-0.2, -0.15) is 0 Å². The molecule has 0 aromatic heterocycles. The van der Waals surface area contributed by atoms with Gasteiger partial charge in [-0.25, -0.2) is 0 Å². The van der Waals surface area contributed by atoms with Crippen molar-refractivity contribution in [2.75, 3.05) is 0 Å². The summed E-state index contributed by atoms with van der Waals surface area (Å²) in [5, 5.41) is 2.63. The van der Waals surface area contributed by atoms with E-state index in [0.717, 1.165) is 12.8 Å². The lowest BCUT2D eigenvalue weighted by molar-refractivity contribution is 1.14. The van der Waals surface area contributed by atoms with Gasteiger partial charge in [-0.05, 0) is 63.9 Å². The fourth-order valence-corrected chi connectivity index (χ4v) is 4.31. The lowest BCUT2D eigenvalue weighted by Gasteiger charge is -2.14. The van der Waals surface area contributed by atoms with Crippen LogP contribution in [-0.2, 0) is 12.8 Å². The van der Waals surface area contributed by atoms with E-state index in [4.69, 9.17) is 0 Å². The van der Waals surface area contributed by atoms with Gasteiger partial charge in [0.2, 0.25) is 0 Å². The third kappa shape index (κ3) is 2.98. The third-order valence-electron chi connectivity index (χ3n) is 5.52. The van der Waals surface area contributed by atoms with Crippen LogP contribution in [0.1, 0.15) is 29.2 Å². The highest BCUT2D eigenvalue weighted by Gasteiger charge is 2.17. The van der Waals surface area contributed by atoms with E-state index in [1.807, 2.05) is 0 Å². The highest BCUT2D eigenvalue weighted by atomic mass is 14.2. The molecule has 0 radical (unpaired) electrons. The molecule has 0 saturated carbocycles. The highest BCUT2D eigenvalue weighted by molar-refractivity contribution is 5.99. The van der Waals surface area contributed by atoms with E-state index in [1.165, 1.54) is 49.7 Å². The summed E-state index contributed by atoms with van der Waals surface area (Å²) < 4.78 is 0. The zero-order valence-corrected chi connectivity index (χ0v) is 15.6. The predicted octanol–water partition coefficient (Wildman–Crippen LogP) is 7.06. The molecule has 0 spiro atoms. The third-order valence-corrected chi connectivity index (χ3v) is 5.52. The summed E-state index contributed by atoms with van der Waals surface area (Å²) in [7, 11) is 0. The van der Waals surface area contributed by atoms with Crippen LogP contribution in [0.5, 0.6) is 0 Å². The van der Waals surface area contributed by atoms with Gasteiger partial charge in [0, 0.05) is 0 Å². The van der Waals surface area contributed by atoms with Crippen molar-refractivity contribution in [1.29, 1.82) is 0 Å². The molecule has 1 aliphatic carbocycles. The van der Waals surface area contributed by atoms with Gasteiger partial charge in [0.25, 0.3) is 0 Å². The Morgan fingerprint density at radius 2 is 1.48 bits per heavy atom. The first-order valence-corrected chi connectivity index (χ1v) is 9.63. The largest absolute Gasteiger partial charge is 0.0683 e. The molecule has 0 heteroatoms. The van der Waals surface area contributed by atoms with Crippen LogP contribution in [0.4, 0.5) is 0 Å². The van der Waals surface area contributed by atoms with Gasteiger partial charge in [-0.1, -0.05) is 96.6 Å². The van der Waals surface area contributed by atoms with Crippen LogP contribution in [0.3, 0.4) is 0 Å². The SMILES string of the molecule is CC1=Cc2c(cc(Cc3ccccc3)cc2-c2cccc3ccccc23)C1. The molecular formula is C27H22. The van der Waals surface area contributed by atoms with Crippen LogP contribution in [0.2, 0.25) is 0 Å². The Bertz CT molecular complexity index is 1160. The minimum atomic E-state index is 0.977. The van der Waals surface area contributed by atoms with Gasteiger partial charge < -0.3 is 0 Å². The Morgan fingerprint density at radius 1 is 0.704 bits per heavy atom. The molecule has 0 atom stereocenters. The van der Waals surface area contributed by atoms with Crippen molar-refractivity contribution in [2.24, 2.45) is 0 Å². The molecule has 0 nitrogen and oxygen atoms in total. The fourth-order valence-electron chi connectivity index (χ4n) is 4.31. The smallest absolute Gasteiger partial charge is 0.00254 e. The van der Waals surface area contributed by atoms with Crippen molar-refractivity contribution in [3.05, 3.63) is 113 Å². The second-order valence-corrected chi connectivity index (χ2v) is 7.57. The molecule has 0 unspecified atom stereocenters. The molecule has 5 rings (SSSR count). The molecule has 0 fully saturated rings. The molecule has 1 aliphatic rings. The van der Waals surface area contributed by atoms with Crippen LogP contribution in [0.15, 0.2) is 90.5 Å². The maximum Gasteiger partial charge on any atom is -0.00254 e. The Balaban J connectivity index is 1.71. The van der Waals surface area contributed by atoms with Crippen molar-refractivity contribution >= 4 is 16.8 Å². The second-order valence-electron chi connectivity index (χ2n) is 7.57. The van der Waals surface area contributed by atoms with Crippen molar-refractivity contribution in [3.8, 4) is 11.1 Å². The Morgan fingerprint density at radius 3 is 2.37 bits per heavy atom. The molecule has 0 N–H and O–H groups in total. The average molecular weight is 346 g/mol. The zero-order valence-electron chi connectivity index (χ0n) is 15.6. The molecule has 130 valence electrons. The van der Waals surface area contributed by atoms with Gasteiger partial charge in [0.05, 0.1) is 0 Å². The van der Waals surface area contributed by atoms with Crippen LogP contribution in [0, 0.1) is 0 Å². The molecule has 0 bridgehead atoms. The quantitative estimate of drug-likeness (QED) is 0.372. The Hall–Kier alpha value is -3.12. The number of hydrogen-bond acceptors (Lipinski definition) is 0. The molecular weight excluding hydrogens is 324 g/mol. The summed E-state index contributed by atoms with van der Waals surface area (Å²) in [6, 6.07) is 30.9. The van der Waals surface area contributed by atoms with E-state index in [9.17, 15) is 0 Å². The molecule has 0 saturated heterocycles. The molecule has 27 heavy (non-hydrogen) atoms. The van der Waals surface area contributed by atoms with E-state index in [-0.39, 0.29) is 0 Å². The number of benzene rings is 4. The number of rotatable bonds is 3. The highest BCUT2D eigenvalue weighted by Crippen LogP contribution is 2.38. The van der Waals surface area contributed by atoms with E-state index in [1.54, 1.807) is 0 Å². The topological polar surface area (TPSA) is 0 Å². The summed E-state index contributed by atoms with van der Waals surface area (Å²) in [4.78, 5) is 0. The second kappa shape index (κ2) is 6.55. The van der Waals surface area contributed by atoms with Crippen molar-refractivity contribution in [1.82, 2.24) is 0 Å². The van der Waals surface area contributed by atoms with Crippen molar-refractivity contribution < 1.29 is 0 Å². The monoisotopic (exact) mass is 346 g/mol. The Labute approximate surface area is 160 Å². The first-order chi connectivity index (χ1) is 13.3. The summed E-state index contributed by atoms with van der Waals surface area (Å²) in [5.41, 5.74) is 9.78. The van der Waals surface area contributed by atoms with Gasteiger partial charge in [-0.15, -0.1) is 0 Å². The lowest BCUT2D eigenvalue weighted by Crippen LogP contribution is -1.95. The first kappa shape index (κ1) is 16.1. The number of allylic oxidation sites excluding steroid dienone is 1. The van der Waals surface area contributed by atoms with Gasteiger partial charge in [0.1, 0.15) is 0 Å². The van der Waals surface area contributed by atoms with E-state index >= 15 is 0 Å². The van der Waals surface area contributed by atoms with E-state index in [2.05, 4.69) is 97.9 Å². The molecule has 4 aromatic carbocycles.